The summed E-state index contributed by atoms with van der Waals surface area (Å²) in [5.41, 5.74) is 2.86. The number of rotatable bonds is 3. The summed E-state index contributed by atoms with van der Waals surface area (Å²) in [4.78, 5) is 5.36. The van der Waals surface area contributed by atoms with E-state index in [1.165, 1.54) is 50.0 Å². The molecule has 0 spiro atoms. The lowest BCUT2D eigenvalue weighted by atomic mass is 9.94. The summed E-state index contributed by atoms with van der Waals surface area (Å²) >= 11 is 0. The van der Waals surface area contributed by atoms with Crippen molar-refractivity contribution in [3.05, 3.63) is 66.2 Å². The highest BCUT2D eigenvalue weighted by Crippen LogP contribution is 2.33. The minimum absolute atomic E-state index is 0.602. The molecule has 4 rings (SSSR count). The number of anilines is 1. The van der Waals surface area contributed by atoms with Crippen LogP contribution in [0.25, 0.3) is 0 Å². The largest absolute Gasteiger partial charge is 0.354 e. The second kappa shape index (κ2) is 6.13. The van der Waals surface area contributed by atoms with E-state index in [4.69, 9.17) is 0 Å². The van der Waals surface area contributed by atoms with Crippen molar-refractivity contribution in [3.63, 3.8) is 0 Å². The lowest BCUT2D eigenvalue weighted by Gasteiger charge is -2.40. The Morgan fingerprint density at radius 3 is 2.32 bits per heavy atom. The van der Waals surface area contributed by atoms with Gasteiger partial charge in [-0.3, -0.25) is 4.90 Å². The molecule has 2 aromatic rings. The van der Waals surface area contributed by atoms with Crippen LogP contribution >= 0.6 is 0 Å². The third-order valence-electron chi connectivity index (χ3n) is 5.21. The second-order valence-electron chi connectivity index (χ2n) is 6.52. The second-order valence-corrected chi connectivity index (χ2v) is 6.52. The summed E-state index contributed by atoms with van der Waals surface area (Å²) in [6, 6.07) is 22.6. The van der Waals surface area contributed by atoms with Gasteiger partial charge in [0.15, 0.2) is 0 Å². The number of hydrogen-bond donors (Lipinski definition) is 0. The van der Waals surface area contributed by atoms with Crippen molar-refractivity contribution in [1.82, 2.24) is 4.90 Å². The van der Waals surface area contributed by atoms with Crippen molar-refractivity contribution in [2.75, 3.05) is 18.0 Å². The first kappa shape index (κ1) is 13.8. The average Bonchev–Trinajstić information content (AvgIpc) is 3.02. The van der Waals surface area contributed by atoms with Gasteiger partial charge in [-0.2, -0.15) is 0 Å². The van der Waals surface area contributed by atoms with Crippen LogP contribution in [0.2, 0.25) is 0 Å². The summed E-state index contributed by atoms with van der Waals surface area (Å²) in [7, 11) is 0. The van der Waals surface area contributed by atoms with Gasteiger partial charge in [0.2, 0.25) is 0 Å². The Bertz CT molecular complexity index is 596. The van der Waals surface area contributed by atoms with E-state index in [0.717, 1.165) is 0 Å². The van der Waals surface area contributed by atoms with Gasteiger partial charge in [-0.1, -0.05) is 48.5 Å². The van der Waals surface area contributed by atoms with Gasteiger partial charge in [-0.15, -0.1) is 0 Å². The van der Waals surface area contributed by atoms with E-state index in [-0.39, 0.29) is 0 Å². The number of piperidine rings is 1. The minimum Gasteiger partial charge on any atom is -0.354 e. The third-order valence-corrected chi connectivity index (χ3v) is 5.21. The maximum Gasteiger partial charge on any atom is 0.0824 e. The van der Waals surface area contributed by atoms with Crippen molar-refractivity contribution >= 4 is 5.69 Å². The highest BCUT2D eigenvalue weighted by molar-refractivity contribution is 5.48. The van der Waals surface area contributed by atoms with Crippen LogP contribution in [0.4, 0.5) is 5.69 Å². The summed E-state index contributed by atoms with van der Waals surface area (Å²) in [5.74, 6) is 0. The fourth-order valence-corrected chi connectivity index (χ4v) is 4.18. The molecule has 0 amide bonds. The maximum absolute atomic E-state index is 2.75. The Hall–Kier alpha value is -1.80. The number of benzene rings is 2. The third kappa shape index (κ3) is 2.64. The van der Waals surface area contributed by atoms with Gasteiger partial charge in [0, 0.05) is 24.8 Å². The molecule has 22 heavy (non-hydrogen) atoms. The number of para-hydroxylation sites is 1. The highest BCUT2D eigenvalue weighted by Gasteiger charge is 2.38. The van der Waals surface area contributed by atoms with Crippen LogP contribution in [0, 0.1) is 0 Å². The zero-order valence-electron chi connectivity index (χ0n) is 13.1. The van der Waals surface area contributed by atoms with Crippen LogP contribution in [-0.2, 0) is 6.42 Å². The van der Waals surface area contributed by atoms with E-state index in [0.29, 0.717) is 12.2 Å². The van der Waals surface area contributed by atoms with Gasteiger partial charge < -0.3 is 4.90 Å². The van der Waals surface area contributed by atoms with E-state index in [1.807, 2.05) is 0 Å². The van der Waals surface area contributed by atoms with Gasteiger partial charge in [-0.05, 0) is 43.4 Å². The average molecular weight is 292 g/mol. The van der Waals surface area contributed by atoms with Gasteiger partial charge >= 0.3 is 0 Å². The van der Waals surface area contributed by atoms with Gasteiger partial charge in [-0.25, -0.2) is 0 Å². The van der Waals surface area contributed by atoms with Crippen LogP contribution in [0.5, 0.6) is 0 Å². The molecule has 2 heteroatoms. The lowest BCUT2D eigenvalue weighted by Crippen LogP contribution is -2.48. The molecule has 2 nitrogen and oxygen atoms in total. The predicted octanol–water partition coefficient (Wildman–Crippen LogP) is 3.93. The zero-order chi connectivity index (χ0) is 14.8. The standard InChI is InChI=1S/C20H24N2/c1-3-8-17(9-4-1)16-19-12-7-13-20-21(14-15-22(19)20)18-10-5-2-6-11-18/h1-6,8-11,19-20H,7,12-16H2. The molecule has 0 aromatic heterocycles. The Labute approximate surface area is 133 Å². The molecule has 0 radical (unpaired) electrons. The SMILES string of the molecule is c1ccc(CC2CCCC3N(c4ccccc4)CCN23)cc1. The van der Waals surface area contributed by atoms with Crippen LogP contribution in [0.15, 0.2) is 60.7 Å². The van der Waals surface area contributed by atoms with E-state index in [9.17, 15) is 0 Å². The zero-order valence-corrected chi connectivity index (χ0v) is 13.1. The molecule has 0 bridgehead atoms. The van der Waals surface area contributed by atoms with Crippen molar-refractivity contribution in [3.8, 4) is 0 Å². The Balaban J connectivity index is 1.51. The van der Waals surface area contributed by atoms with Gasteiger partial charge in [0.05, 0.1) is 6.17 Å². The quantitative estimate of drug-likeness (QED) is 0.845. The van der Waals surface area contributed by atoms with Crippen LogP contribution in [-0.4, -0.2) is 30.2 Å². The van der Waals surface area contributed by atoms with Crippen molar-refractivity contribution in [2.24, 2.45) is 0 Å². The normalized spacial score (nSPS) is 25.2. The molecule has 2 aromatic carbocycles. The molecule has 2 saturated heterocycles. The molecule has 0 aliphatic carbocycles. The van der Waals surface area contributed by atoms with E-state index < -0.39 is 0 Å². The Morgan fingerprint density at radius 1 is 0.818 bits per heavy atom. The highest BCUT2D eigenvalue weighted by atomic mass is 15.4. The van der Waals surface area contributed by atoms with E-state index in [1.54, 1.807) is 0 Å². The first-order valence-electron chi connectivity index (χ1n) is 8.53. The fraction of sp³-hybridized carbons (Fsp3) is 0.400. The molecule has 2 fully saturated rings. The molecule has 2 aliphatic rings. The minimum atomic E-state index is 0.602. The van der Waals surface area contributed by atoms with Crippen LogP contribution in [0.3, 0.4) is 0 Å². The first-order valence-corrected chi connectivity index (χ1v) is 8.53. The van der Waals surface area contributed by atoms with E-state index >= 15 is 0 Å². The fourth-order valence-electron chi connectivity index (χ4n) is 4.18. The summed E-state index contributed by atoms with van der Waals surface area (Å²) in [5, 5.41) is 0. The van der Waals surface area contributed by atoms with Crippen molar-refractivity contribution in [1.29, 1.82) is 0 Å². The molecule has 0 saturated carbocycles. The van der Waals surface area contributed by atoms with Crippen molar-refractivity contribution in [2.45, 2.75) is 37.9 Å². The summed E-state index contributed by atoms with van der Waals surface area (Å²) in [6.07, 6.45) is 5.79. The molecule has 2 heterocycles. The molecular formula is C20H24N2. The van der Waals surface area contributed by atoms with Crippen LogP contribution in [0.1, 0.15) is 24.8 Å². The molecule has 2 aliphatic heterocycles. The van der Waals surface area contributed by atoms with E-state index in [2.05, 4.69) is 70.5 Å². The Morgan fingerprint density at radius 2 is 1.55 bits per heavy atom. The molecule has 114 valence electrons. The van der Waals surface area contributed by atoms with Gasteiger partial charge in [0.25, 0.3) is 0 Å². The number of hydrogen-bond acceptors (Lipinski definition) is 2. The topological polar surface area (TPSA) is 6.48 Å². The maximum atomic E-state index is 2.75. The molecule has 2 unspecified atom stereocenters. The molecular weight excluding hydrogens is 268 g/mol. The summed E-state index contributed by atoms with van der Waals surface area (Å²) < 4.78 is 0. The van der Waals surface area contributed by atoms with Gasteiger partial charge in [0.1, 0.15) is 0 Å². The lowest BCUT2D eigenvalue weighted by molar-refractivity contribution is 0.124. The number of fused-ring (bicyclic) bond motifs is 1. The predicted molar refractivity (Wildman–Crippen MR) is 92.1 cm³/mol. The molecule has 0 N–H and O–H groups in total. The smallest absolute Gasteiger partial charge is 0.0824 e. The van der Waals surface area contributed by atoms with Crippen LogP contribution < -0.4 is 4.90 Å². The monoisotopic (exact) mass is 292 g/mol. The Kier molecular flexibility index (Phi) is 3.86. The van der Waals surface area contributed by atoms with Crippen molar-refractivity contribution < 1.29 is 0 Å². The first-order chi connectivity index (χ1) is 10.9. The summed E-state index contributed by atoms with van der Waals surface area (Å²) in [6.45, 7) is 2.37. The molecule has 2 atom stereocenters. The number of nitrogens with zero attached hydrogens (tertiary/aromatic N) is 2.